The largest absolute Gasteiger partial charge is 0.393 e. The maximum atomic E-state index is 9.46. The number of halogens is 1. The van der Waals surface area contributed by atoms with E-state index in [1.165, 1.54) is 0 Å². The van der Waals surface area contributed by atoms with Crippen LogP contribution in [0.1, 0.15) is 30.5 Å². The van der Waals surface area contributed by atoms with Crippen molar-refractivity contribution in [3.8, 4) is 0 Å². The summed E-state index contributed by atoms with van der Waals surface area (Å²) in [5.74, 6) is 0.830. The fraction of sp³-hybridized carbons (Fsp3) is 0.714. The van der Waals surface area contributed by atoms with Gasteiger partial charge in [-0.3, -0.25) is 0 Å². The molecule has 0 saturated carbocycles. The summed E-state index contributed by atoms with van der Waals surface area (Å²) < 4.78 is 0. The molecule has 1 fully saturated rings. The number of likely N-dealkylation sites (tertiary alicyclic amines) is 1. The number of hydrogen-bond donors (Lipinski definition) is 2. The highest BCUT2D eigenvalue weighted by molar-refractivity contribution is 6.28. The molecular formula is C14H23ClN4O. The van der Waals surface area contributed by atoms with Gasteiger partial charge >= 0.3 is 0 Å². The molecule has 0 atom stereocenters. The number of aliphatic hydroxyl groups excluding tert-OH is 1. The molecule has 1 aliphatic rings. The molecule has 1 aliphatic heterocycles. The van der Waals surface area contributed by atoms with Crippen LogP contribution in [0.15, 0.2) is 0 Å². The number of nitrogens with zero attached hydrogens (tertiary/aromatic N) is 3. The molecule has 1 aromatic heterocycles. The average molecular weight is 299 g/mol. The van der Waals surface area contributed by atoms with Crippen LogP contribution in [0, 0.1) is 13.8 Å². The van der Waals surface area contributed by atoms with Crippen molar-refractivity contribution in [2.75, 3.05) is 31.5 Å². The van der Waals surface area contributed by atoms with Gasteiger partial charge in [-0.05, 0) is 51.3 Å². The van der Waals surface area contributed by atoms with E-state index in [4.69, 9.17) is 11.6 Å². The zero-order valence-electron chi connectivity index (χ0n) is 12.2. The zero-order valence-corrected chi connectivity index (χ0v) is 12.9. The molecule has 2 rings (SSSR count). The van der Waals surface area contributed by atoms with E-state index in [1.54, 1.807) is 0 Å². The number of rotatable bonds is 5. The van der Waals surface area contributed by atoms with Gasteiger partial charge in [0, 0.05) is 30.9 Å². The third-order valence-electron chi connectivity index (χ3n) is 3.86. The van der Waals surface area contributed by atoms with Crippen LogP contribution in [0.5, 0.6) is 0 Å². The molecule has 2 N–H and O–H groups in total. The van der Waals surface area contributed by atoms with Crippen LogP contribution in [0.25, 0.3) is 0 Å². The summed E-state index contributed by atoms with van der Waals surface area (Å²) in [6, 6.07) is 0. The molecule has 5 nitrogen and oxygen atoms in total. The van der Waals surface area contributed by atoms with E-state index in [0.29, 0.717) is 5.28 Å². The second-order valence-electron chi connectivity index (χ2n) is 5.40. The molecule has 1 aromatic rings. The van der Waals surface area contributed by atoms with Crippen LogP contribution >= 0.6 is 11.6 Å². The Morgan fingerprint density at radius 1 is 1.30 bits per heavy atom. The number of hydrogen-bond acceptors (Lipinski definition) is 5. The first kappa shape index (κ1) is 15.5. The van der Waals surface area contributed by atoms with E-state index >= 15 is 0 Å². The van der Waals surface area contributed by atoms with Crippen molar-refractivity contribution < 1.29 is 5.11 Å². The third-order valence-corrected chi connectivity index (χ3v) is 4.03. The van der Waals surface area contributed by atoms with Gasteiger partial charge in [0.1, 0.15) is 5.82 Å². The van der Waals surface area contributed by atoms with Crippen molar-refractivity contribution in [2.45, 2.75) is 39.2 Å². The summed E-state index contributed by atoms with van der Waals surface area (Å²) >= 11 is 5.88. The average Bonchev–Trinajstić information content (AvgIpc) is 2.42. The lowest BCUT2D eigenvalue weighted by molar-refractivity contribution is 0.0825. The van der Waals surface area contributed by atoms with Crippen molar-refractivity contribution in [1.29, 1.82) is 0 Å². The SMILES string of the molecule is Cc1nc(Cl)nc(NCCCN2CCC(O)CC2)c1C. The Labute approximate surface area is 125 Å². The van der Waals surface area contributed by atoms with Gasteiger partial charge in [0.15, 0.2) is 0 Å². The second-order valence-corrected chi connectivity index (χ2v) is 5.74. The standard InChI is InChI=1S/C14H23ClN4O/c1-10-11(2)17-14(15)18-13(10)16-6-3-7-19-8-4-12(20)5-9-19/h12,20H,3-9H2,1-2H3,(H,16,17,18). The molecule has 0 unspecified atom stereocenters. The van der Waals surface area contributed by atoms with Gasteiger partial charge in [-0.15, -0.1) is 0 Å². The number of aliphatic hydroxyl groups is 1. The highest BCUT2D eigenvalue weighted by Gasteiger charge is 2.16. The van der Waals surface area contributed by atoms with Gasteiger partial charge in [0.25, 0.3) is 0 Å². The molecule has 2 heterocycles. The summed E-state index contributed by atoms with van der Waals surface area (Å²) in [5.41, 5.74) is 1.97. The van der Waals surface area contributed by atoms with Crippen molar-refractivity contribution in [2.24, 2.45) is 0 Å². The minimum Gasteiger partial charge on any atom is -0.393 e. The van der Waals surface area contributed by atoms with E-state index in [9.17, 15) is 5.11 Å². The molecule has 0 bridgehead atoms. The Hall–Kier alpha value is -0.910. The fourth-order valence-corrected chi connectivity index (χ4v) is 2.63. The first-order chi connectivity index (χ1) is 9.56. The molecule has 1 saturated heterocycles. The lowest BCUT2D eigenvalue weighted by atomic mass is 10.1. The minimum atomic E-state index is -0.0989. The van der Waals surface area contributed by atoms with Crippen molar-refractivity contribution in [3.63, 3.8) is 0 Å². The van der Waals surface area contributed by atoms with E-state index in [1.807, 2.05) is 13.8 Å². The molecule has 0 aliphatic carbocycles. The highest BCUT2D eigenvalue weighted by Crippen LogP contribution is 2.17. The molecule has 0 radical (unpaired) electrons. The number of nitrogens with one attached hydrogen (secondary N) is 1. The minimum absolute atomic E-state index is 0.0989. The van der Waals surface area contributed by atoms with Gasteiger partial charge in [0.2, 0.25) is 5.28 Å². The lowest BCUT2D eigenvalue weighted by Crippen LogP contribution is -2.36. The van der Waals surface area contributed by atoms with Gasteiger partial charge < -0.3 is 15.3 Å². The summed E-state index contributed by atoms with van der Waals surface area (Å²) in [7, 11) is 0. The molecule has 112 valence electrons. The first-order valence-electron chi connectivity index (χ1n) is 7.21. The monoisotopic (exact) mass is 298 g/mol. The second kappa shape index (κ2) is 7.20. The number of anilines is 1. The molecule has 20 heavy (non-hydrogen) atoms. The maximum absolute atomic E-state index is 9.46. The number of piperidine rings is 1. The Kier molecular flexibility index (Phi) is 5.57. The van der Waals surface area contributed by atoms with Crippen LogP contribution in [0.2, 0.25) is 5.28 Å². The normalized spacial score (nSPS) is 17.4. The smallest absolute Gasteiger partial charge is 0.224 e. The van der Waals surface area contributed by atoms with E-state index < -0.39 is 0 Å². The predicted octanol–water partition coefficient (Wildman–Crippen LogP) is 2.01. The van der Waals surface area contributed by atoms with Crippen LogP contribution < -0.4 is 5.32 Å². The lowest BCUT2D eigenvalue weighted by Gasteiger charge is -2.29. The van der Waals surface area contributed by atoms with Crippen molar-refractivity contribution >= 4 is 17.4 Å². The van der Waals surface area contributed by atoms with Crippen molar-refractivity contribution in [1.82, 2.24) is 14.9 Å². The van der Waals surface area contributed by atoms with Crippen LogP contribution in [-0.2, 0) is 0 Å². The Bertz CT molecular complexity index is 447. The fourth-order valence-electron chi connectivity index (χ4n) is 2.42. The van der Waals surface area contributed by atoms with E-state index in [-0.39, 0.29) is 6.10 Å². The number of aryl methyl sites for hydroxylation is 1. The summed E-state index contributed by atoms with van der Waals surface area (Å²) in [5, 5.41) is 13.1. The third kappa shape index (κ3) is 4.30. The Morgan fingerprint density at radius 2 is 2.00 bits per heavy atom. The molecular weight excluding hydrogens is 276 g/mol. The Morgan fingerprint density at radius 3 is 2.70 bits per heavy atom. The summed E-state index contributed by atoms with van der Waals surface area (Å²) in [6.45, 7) is 7.85. The zero-order chi connectivity index (χ0) is 14.5. The molecule has 0 spiro atoms. The quantitative estimate of drug-likeness (QED) is 0.643. The van der Waals surface area contributed by atoms with Crippen LogP contribution in [0.4, 0.5) is 5.82 Å². The highest BCUT2D eigenvalue weighted by atomic mass is 35.5. The van der Waals surface area contributed by atoms with E-state index in [0.717, 1.165) is 62.5 Å². The van der Waals surface area contributed by atoms with E-state index in [2.05, 4.69) is 20.2 Å². The molecule has 0 aromatic carbocycles. The van der Waals surface area contributed by atoms with Crippen LogP contribution in [-0.4, -0.2) is 52.3 Å². The predicted molar refractivity (Wildman–Crippen MR) is 81.3 cm³/mol. The first-order valence-corrected chi connectivity index (χ1v) is 7.59. The topological polar surface area (TPSA) is 61.3 Å². The maximum Gasteiger partial charge on any atom is 0.224 e. The van der Waals surface area contributed by atoms with Gasteiger partial charge in [-0.2, -0.15) is 0 Å². The van der Waals surface area contributed by atoms with Gasteiger partial charge in [-0.1, -0.05) is 0 Å². The van der Waals surface area contributed by atoms with Crippen LogP contribution in [0.3, 0.4) is 0 Å². The molecule has 0 amide bonds. The number of aromatic nitrogens is 2. The van der Waals surface area contributed by atoms with Crippen molar-refractivity contribution in [3.05, 3.63) is 16.5 Å². The van der Waals surface area contributed by atoms with Gasteiger partial charge in [-0.25, -0.2) is 9.97 Å². The summed E-state index contributed by atoms with van der Waals surface area (Å²) in [6.07, 6.45) is 2.75. The summed E-state index contributed by atoms with van der Waals surface area (Å²) in [4.78, 5) is 10.8. The van der Waals surface area contributed by atoms with Gasteiger partial charge in [0.05, 0.1) is 6.10 Å². The molecule has 6 heteroatoms. The Balaban J connectivity index is 1.73.